The summed E-state index contributed by atoms with van der Waals surface area (Å²) in [6, 6.07) is 0. The Morgan fingerprint density at radius 2 is 1.20 bits per heavy atom. The maximum Gasteiger partial charge on any atom is 0.454 e. The van der Waals surface area contributed by atoms with Gasteiger partial charge in [0.05, 0.1) is 0 Å². The first kappa shape index (κ1) is 21.5. The van der Waals surface area contributed by atoms with Gasteiger partial charge in [-0.25, -0.2) is 0 Å². The van der Waals surface area contributed by atoms with Crippen LogP contribution in [0.15, 0.2) is 12.7 Å². The van der Waals surface area contributed by atoms with Gasteiger partial charge in [0.2, 0.25) is 5.78 Å². The van der Waals surface area contributed by atoms with Crippen LogP contribution in [0.5, 0.6) is 0 Å². The average molecular weight is 400 g/mol. The van der Waals surface area contributed by atoms with E-state index in [0.29, 0.717) is 0 Å². The van der Waals surface area contributed by atoms with Gasteiger partial charge in [-0.05, 0) is 6.42 Å². The largest absolute Gasteiger partial charge is 0.454 e. The number of carbonyl (C=O) groups is 1. The molecule has 0 spiro atoms. The van der Waals surface area contributed by atoms with Crippen molar-refractivity contribution in [2.24, 2.45) is 5.41 Å². The summed E-state index contributed by atoms with van der Waals surface area (Å²) in [6.45, 7) is 2.36. The van der Waals surface area contributed by atoms with Crippen molar-refractivity contribution in [2.75, 3.05) is 0 Å². The minimum absolute atomic E-state index is 0.388. The molecule has 1 nitrogen and oxygen atoms in total. The highest BCUT2D eigenvalue weighted by atomic mass is 19.4. The van der Waals surface area contributed by atoms with Crippen LogP contribution < -0.4 is 0 Å². The van der Waals surface area contributed by atoms with Gasteiger partial charge in [0.1, 0.15) is 0 Å². The predicted octanol–water partition coefficient (Wildman–Crippen LogP) is 4.87. The molecule has 0 N–H and O–H groups in total. The highest BCUT2D eigenvalue weighted by Crippen LogP contribution is 2.70. The first-order valence-electron chi connectivity index (χ1n) is 5.83. The zero-order chi connectivity index (χ0) is 20.5. The maximum absolute atomic E-state index is 13.8. The standard InChI is InChI=1S/C11H5F13O/c1-2-3-5(8(16,17)11(22,23)24)4(25)6(12,13)9(18,19)10(20,21)7(5,14)15/h2H,1,3H2. The summed E-state index contributed by atoms with van der Waals surface area (Å²) in [6.07, 6.45) is -10.4. The molecule has 0 bridgehead atoms. The van der Waals surface area contributed by atoms with Gasteiger partial charge in [0.15, 0.2) is 5.41 Å². The average Bonchev–Trinajstić information content (AvgIpc) is 2.40. The number of ketones is 1. The van der Waals surface area contributed by atoms with Crippen LogP contribution >= 0.6 is 0 Å². The maximum atomic E-state index is 13.8. The molecule has 0 aromatic rings. The third-order valence-corrected chi connectivity index (χ3v) is 3.73. The highest BCUT2D eigenvalue weighted by Gasteiger charge is 2.99. The van der Waals surface area contributed by atoms with E-state index in [-0.39, 0.29) is 6.08 Å². The van der Waals surface area contributed by atoms with Gasteiger partial charge in [-0.2, -0.15) is 57.1 Å². The Balaban J connectivity index is 4.08. The van der Waals surface area contributed by atoms with Gasteiger partial charge in [-0.3, -0.25) is 4.79 Å². The third kappa shape index (κ3) is 2.02. The molecule has 14 heteroatoms. The smallest absolute Gasteiger partial charge is 0.292 e. The first-order valence-corrected chi connectivity index (χ1v) is 5.83. The van der Waals surface area contributed by atoms with Crippen LogP contribution in [-0.4, -0.2) is 41.6 Å². The van der Waals surface area contributed by atoms with Gasteiger partial charge in [0.25, 0.3) is 0 Å². The predicted molar refractivity (Wildman–Crippen MR) is 53.0 cm³/mol. The number of Topliss-reactive ketones (excluding diaryl/α,β-unsaturated/α-hetero) is 1. The molecule has 1 unspecified atom stereocenters. The lowest BCUT2D eigenvalue weighted by Crippen LogP contribution is -2.82. The zero-order valence-corrected chi connectivity index (χ0v) is 11.3. The van der Waals surface area contributed by atoms with Crippen LogP contribution in [-0.2, 0) is 4.79 Å². The van der Waals surface area contributed by atoms with E-state index >= 15 is 0 Å². The molecule has 1 rings (SSSR count). The van der Waals surface area contributed by atoms with E-state index in [2.05, 4.69) is 6.58 Å². The number of allylic oxidation sites excluding steroid dienone is 1. The normalized spacial score (nSPS) is 30.8. The lowest BCUT2D eigenvalue weighted by atomic mass is 9.59. The minimum atomic E-state index is -7.42. The van der Waals surface area contributed by atoms with Crippen molar-refractivity contribution in [1.29, 1.82) is 0 Å². The SMILES string of the molecule is C=CCC1(C(F)(F)C(F)(F)F)C(=O)C(F)(F)C(F)(F)C(F)(F)C1(F)F. The summed E-state index contributed by atoms with van der Waals surface area (Å²) in [5.74, 6) is -40.4. The molecular formula is C11H5F13O. The van der Waals surface area contributed by atoms with Gasteiger partial charge in [0, 0.05) is 0 Å². The molecule has 0 amide bonds. The van der Waals surface area contributed by atoms with Gasteiger partial charge < -0.3 is 0 Å². The van der Waals surface area contributed by atoms with Crippen LogP contribution in [0.25, 0.3) is 0 Å². The molecular weight excluding hydrogens is 395 g/mol. The van der Waals surface area contributed by atoms with Crippen LogP contribution in [0, 0.1) is 5.41 Å². The molecule has 0 aliphatic heterocycles. The van der Waals surface area contributed by atoms with E-state index < -0.39 is 53.4 Å². The van der Waals surface area contributed by atoms with Crippen molar-refractivity contribution < 1.29 is 61.9 Å². The molecule has 0 heterocycles. The Labute approximate surface area is 129 Å². The second-order valence-electron chi connectivity index (χ2n) is 5.10. The number of alkyl halides is 13. The Morgan fingerprint density at radius 1 is 0.800 bits per heavy atom. The molecule has 1 fully saturated rings. The molecule has 1 atom stereocenters. The van der Waals surface area contributed by atoms with E-state index in [1.54, 1.807) is 0 Å². The van der Waals surface area contributed by atoms with Crippen LogP contribution in [0.3, 0.4) is 0 Å². The van der Waals surface area contributed by atoms with E-state index in [4.69, 9.17) is 0 Å². The topological polar surface area (TPSA) is 17.1 Å². The number of rotatable bonds is 3. The fourth-order valence-electron chi connectivity index (χ4n) is 2.36. The summed E-state index contributed by atoms with van der Waals surface area (Å²) < 4.78 is 171. The molecule has 0 saturated heterocycles. The quantitative estimate of drug-likeness (QED) is 0.488. The Hall–Kier alpha value is -1.50. The van der Waals surface area contributed by atoms with Crippen molar-refractivity contribution in [3.05, 3.63) is 12.7 Å². The summed E-state index contributed by atoms with van der Waals surface area (Å²) in [5, 5.41) is 0. The van der Waals surface area contributed by atoms with E-state index in [0.717, 1.165) is 0 Å². The minimum Gasteiger partial charge on any atom is -0.292 e. The Bertz CT molecular complexity index is 587. The zero-order valence-electron chi connectivity index (χ0n) is 11.3. The fourth-order valence-corrected chi connectivity index (χ4v) is 2.36. The summed E-state index contributed by atoms with van der Waals surface area (Å²) in [7, 11) is 0. The Morgan fingerprint density at radius 3 is 1.52 bits per heavy atom. The second kappa shape index (κ2) is 5.02. The Kier molecular flexibility index (Phi) is 4.33. The lowest BCUT2D eigenvalue weighted by molar-refractivity contribution is -0.437. The van der Waals surface area contributed by atoms with Crippen molar-refractivity contribution in [3.63, 3.8) is 0 Å². The third-order valence-electron chi connectivity index (χ3n) is 3.73. The molecule has 0 aromatic heterocycles. The number of halogens is 13. The van der Waals surface area contributed by atoms with Gasteiger partial charge >= 0.3 is 35.8 Å². The van der Waals surface area contributed by atoms with Crippen molar-refractivity contribution in [3.8, 4) is 0 Å². The monoisotopic (exact) mass is 400 g/mol. The number of carbonyl (C=O) groups excluding carboxylic acids is 1. The van der Waals surface area contributed by atoms with Crippen molar-refractivity contribution in [1.82, 2.24) is 0 Å². The van der Waals surface area contributed by atoms with Gasteiger partial charge in [-0.15, -0.1) is 6.58 Å². The fraction of sp³-hybridized carbons (Fsp3) is 0.727. The van der Waals surface area contributed by atoms with Crippen LogP contribution in [0.2, 0.25) is 0 Å². The van der Waals surface area contributed by atoms with E-state index in [1.165, 1.54) is 0 Å². The first-order chi connectivity index (χ1) is 10.7. The van der Waals surface area contributed by atoms with E-state index in [1.807, 2.05) is 0 Å². The molecule has 0 radical (unpaired) electrons. The van der Waals surface area contributed by atoms with Crippen molar-refractivity contribution in [2.45, 2.75) is 42.2 Å². The van der Waals surface area contributed by atoms with Crippen LogP contribution in [0.1, 0.15) is 6.42 Å². The molecule has 1 aliphatic carbocycles. The van der Waals surface area contributed by atoms with Crippen LogP contribution in [0.4, 0.5) is 57.1 Å². The molecule has 0 aromatic carbocycles. The number of hydrogen-bond donors (Lipinski definition) is 0. The van der Waals surface area contributed by atoms with Gasteiger partial charge in [-0.1, -0.05) is 6.08 Å². The molecule has 1 saturated carbocycles. The van der Waals surface area contributed by atoms with E-state index in [9.17, 15) is 61.9 Å². The number of hydrogen-bond acceptors (Lipinski definition) is 1. The molecule has 146 valence electrons. The molecule has 25 heavy (non-hydrogen) atoms. The molecule has 1 aliphatic rings. The lowest BCUT2D eigenvalue weighted by Gasteiger charge is -2.53. The summed E-state index contributed by atoms with van der Waals surface area (Å²) >= 11 is 0. The summed E-state index contributed by atoms with van der Waals surface area (Å²) in [5.41, 5.74) is -6.24. The second-order valence-corrected chi connectivity index (χ2v) is 5.10. The van der Waals surface area contributed by atoms with Crippen molar-refractivity contribution >= 4 is 5.78 Å². The summed E-state index contributed by atoms with van der Waals surface area (Å²) in [4.78, 5) is 11.3. The highest BCUT2D eigenvalue weighted by molar-refractivity contribution is 5.96.